The van der Waals surface area contributed by atoms with E-state index < -0.39 is 0 Å². The minimum atomic E-state index is -0.0210. The first-order chi connectivity index (χ1) is 10.7. The highest BCUT2D eigenvalue weighted by atomic mass is 16.1. The lowest BCUT2D eigenvalue weighted by Gasteiger charge is -2.15. The highest BCUT2D eigenvalue weighted by Crippen LogP contribution is 2.26. The third kappa shape index (κ3) is 3.29. The molecule has 1 aliphatic carbocycles. The molecule has 2 heteroatoms. The fourth-order valence-electron chi connectivity index (χ4n) is 2.59. The molecule has 0 heterocycles. The van der Waals surface area contributed by atoms with Crippen molar-refractivity contribution in [3.8, 4) is 0 Å². The molecule has 1 saturated carbocycles. The molecular weight excluding hydrogens is 272 g/mol. The Bertz CT molecular complexity index is 689. The number of allylic oxidation sites excluding steroid dienone is 2. The molecule has 0 bridgehead atoms. The maximum absolute atomic E-state index is 12.6. The van der Waals surface area contributed by atoms with Crippen molar-refractivity contribution in [3.05, 3.63) is 82.9 Å². The van der Waals surface area contributed by atoms with Crippen molar-refractivity contribution in [2.75, 3.05) is 0 Å². The third-order valence-electron chi connectivity index (χ3n) is 3.64. The van der Waals surface area contributed by atoms with Gasteiger partial charge in [-0.15, -0.1) is 0 Å². The zero-order chi connectivity index (χ0) is 15.4. The molecule has 2 nitrogen and oxygen atoms in total. The van der Waals surface area contributed by atoms with Crippen LogP contribution in [0.15, 0.2) is 71.8 Å². The molecule has 22 heavy (non-hydrogen) atoms. The molecule has 1 aliphatic rings. The van der Waals surface area contributed by atoms with Crippen molar-refractivity contribution >= 4 is 23.7 Å². The monoisotopic (exact) mass is 288 g/mol. The Balaban J connectivity index is 1.94. The summed E-state index contributed by atoms with van der Waals surface area (Å²) >= 11 is 0. The Morgan fingerprint density at radius 1 is 0.636 bits per heavy atom. The fourth-order valence-corrected chi connectivity index (χ4v) is 2.59. The number of carbonyl (C=O) groups is 2. The third-order valence-corrected chi connectivity index (χ3v) is 3.64. The number of rotatable bonds is 2. The quantitative estimate of drug-likeness (QED) is 0.780. The Labute approximate surface area is 129 Å². The maximum atomic E-state index is 12.6. The van der Waals surface area contributed by atoms with Crippen LogP contribution in [0.2, 0.25) is 0 Å². The second-order valence-electron chi connectivity index (χ2n) is 5.38. The SMILES string of the molecule is O=C1CC(=Cc2ccccc2)C(=O)C(=Cc2ccccc2)C1. The molecular formula is C20H16O2. The molecule has 0 atom stereocenters. The summed E-state index contributed by atoms with van der Waals surface area (Å²) in [6.45, 7) is 0. The van der Waals surface area contributed by atoms with Crippen molar-refractivity contribution < 1.29 is 9.59 Å². The van der Waals surface area contributed by atoms with E-state index in [1.807, 2.05) is 72.8 Å². The molecule has 108 valence electrons. The van der Waals surface area contributed by atoms with Crippen molar-refractivity contribution in [1.29, 1.82) is 0 Å². The van der Waals surface area contributed by atoms with Gasteiger partial charge in [-0.3, -0.25) is 9.59 Å². The fraction of sp³-hybridized carbons (Fsp3) is 0.100. The van der Waals surface area contributed by atoms with Gasteiger partial charge in [-0.25, -0.2) is 0 Å². The van der Waals surface area contributed by atoms with Crippen LogP contribution in [0.1, 0.15) is 24.0 Å². The molecule has 0 aromatic heterocycles. The van der Waals surface area contributed by atoms with E-state index in [2.05, 4.69) is 0 Å². The van der Waals surface area contributed by atoms with Crippen LogP contribution in [0.3, 0.4) is 0 Å². The lowest BCUT2D eigenvalue weighted by molar-refractivity contribution is -0.122. The van der Waals surface area contributed by atoms with E-state index in [4.69, 9.17) is 0 Å². The van der Waals surface area contributed by atoms with Gasteiger partial charge in [0.2, 0.25) is 0 Å². The van der Waals surface area contributed by atoms with E-state index in [0.29, 0.717) is 11.1 Å². The summed E-state index contributed by atoms with van der Waals surface area (Å²) in [6, 6.07) is 19.3. The standard InChI is InChI=1S/C20H16O2/c21-19-13-17(11-15-7-3-1-4-8-15)20(22)18(14-19)12-16-9-5-2-6-10-16/h1-12H,13-14H2. The van der Waals surface area contributed by atoms with Crippen LogP contribution in [-0.2, 0) is 9.59 Å². The molecule has 0 saturated heterocycles. The Morgan fingerprint density at radius 3 is 1.45 bits per heavy atom. The first-order valence-corrected chi connectivity index (χ1v) is 7.30. The molecule has 0 spiro atoms. The van der Waals surface area contributed by atoms with Gasteiger partial charge in [0.1, 0.15) is 5.78 Å². The highest BCUT2D eigenvalue weighted by molar-refractivity contribution is 6.20. The van der Waals surface area contributed by atoms with Gasteiger partial charge in [-0.05, 0) is 23.3 Å². The predicted octanol–water partition coefficient (Wildman–Crippen LogP) is 4.09. The normalized spacial score (nSPS) is 18.9. The van der Waals surface area contributed by atoms with Crippen LogP contribution in [0.5, 0.6) is 0 Å². The molecule has 0 radical (unpaired) electrons. The minimum Gasteiger partial charge on any atom is -0.299 e. The van der Waals surface area contributed by atoms with E-state index in [9.17, 15) is 9.59 Å². The zero-order valence-electron chi connectivity index (χ0n) is 12.2. The maximum Gasteiger partial charge on any atom is 0.185 e. The lowest BCUT2D eigenvalue weighted by atomic mass is 9.86. The van der Waals surface area contributed by atoms with E-state index in [1.165, 1.54) is 0 Å². The topological polar surface area (TPSA) is 34.1 Å². The molecule has 2 aromatic carbocycles. The van der Waals surface area contributed by atoms with Gasteiger partial charge < -0.3 is 0 Å². The summed E-state index contributed by atoms with van der Waals surface area (Å²) in [4.78, 5) is 24.6. The van der Waals surface area contributed by atoms with Gasteiger partial charge in [0.05, 0.1) is 0 Å². The van der Waals surface area contributed by atoms with Crippen LogP contribution in [0.4, 0.5) is 0 Å². The number of benzene rings is 2. The number of Topliss-reactive ketones (excluding diaryl/α,β-unsaturated/α-hetero) is 2. The molecule has 3 rings (SSSR count). The summed E-state index contributed by atoms with van der Waals surface area (Å²) < 4.78 is 0. The smallest absolute Gasteiger partial charge is 0.185 e. The number of hydrogen-bond donors (Lipinski definition) is 0. The molecule has 2 aromatic rings. The Morgan fingerprint density at radius 2 is 1.05 bits per heavy atom. The lowest BCUT2D eigenvalue weighted by Crippen LogP contribution is -2.19. The van der Waals surface area contributed by atoms with Gasteiger partial charge in [0.25, 0.3) is 0 Å². The minimum absolute atomic E-state index is 0.0210. The van der Waals surface area contributed by atoms with Gasteiger partial charge in [-0.1, -0.05) is 60.7 Å². The van der Waals surface area contributed by atoms with Crippen LogP contribution in [0, 0.1) is 0 Å². The van der Waals surface area contributed by atoms with Gasteiger partial charge in [0, 0.05) is 24.0 Å². The van der Waals surface area contributed by atoms with Crippen molar-refractivity contribution in [3.63, 3.8) is 0 Å². The first-order valence-electron chi connectivity index (χ1n) is 7.30. The predicted molar refractivity (Wildman–Crippen MR) is 88.1 cm³/mol. The summed E-state index contributed by atoms with van der Waals surface area (Å²) in [5.41, 5.74) is 3.04. The first kappa shape index (κ1) is 14.2. The number of hydrogen-bond acceptors (Lipinski definition) is 2. The summed E-state index contributed by atoms with van der Waals surface area (Å²) in [7, 11) is 0. The number of carbonyl (C=O) groups excluding carboxylic acids is 2. The van der Waals surface area contributed by atoms with Gasteiger partial charge in [-0.2, -0.15) is 0 Å². The largest absolute Gasteiger partial charge is 0.299 e. The van der Waals surface area contributed by atoms with E-state index in [-0.39, 0.29) is 24.4 Å². The zero-order valence-corrected chi connectivity index (χ0v) is 12.2. The summed E-state index contributed by atoms with van der Waals surface area (Å²) in [6.07, 6.45) is 4.08. The molecule has 0 aliphatic heterocycles. The van der Waals surface area contributed by atoms with Crippen molar-refractivity contribution in [2.24, 2.45) is 0 Å². The van der Waals surface area contributed by atoms with Crippen LogP contribution in [0.25, 0.3) is 12.2 Å². The second kappa shape index (κ2) is 6.35. The summed E-state index contributed by atoms with van der Waals surface area (Å²) in [5.74, 6) is 0.0660. The van der Waals surface area contributed by atoms with Crippen LogP contribution in [-0.4, -0.2) is 11.6 Å². The molecule has 0 N–H and O–H groups in total. The molecule has 1 fully saturated rings. The average molecular weight is 288 g/mol. The second-order valence-corrected chi connectivity index (χ2v) is 5.38. The highest BCUT2D eigenvalue weighted by Gasteiger charge is 2.25. The molecule has 0 amide bonds. The van der Waals surface area contributed by atoms with Crippen molar-refractivity contribution in [2.45, 2.75) is 12.8 Å². The van der Waals surface area contributed by atoms with Crippen molar-refractivity contribution in [1.82, 2.24) is 0 Å². The number of ketones is 2. The Hall–Kier alpha value is -2.74. The average Bonchev–Trinajstić information content (AvgIpc) is 2.54. The van der Waals surface area contributed by atoms with Gasteiger partial charge >= 0.3 is 0 Å². The van der Waals surface area contributed by atoms with E-state index in [0.717, 1.165) is 11.1 Å². The van der Waals surface area contributed by atoms with E-state index in [1.54, 1.807) is 0 Å². The Kier molecular flexibility index (Phi) is 4.10. The molecule has 0 unspecified atom stereocenters. The van der Waals surface area contributed by atoms with Crippen LogP contribution < -0.4 is 0 Å². The summed E-state index contributed by atoms with van der Waals surface area (Å²) in [5, 5.41) is 0. The van der Waals surface area contributed by atoms with Gasteiger partial charge in [0.15, 0.2) is 5.78 Å². The van der Waals surface area contributed by atoms with E-state index >= 15 is 0 Å². The van der Waals surface area contributed by atoms with Crippen LogP contribution >= 0.6 is 0 Å².